The monoisotopic (exact) mass is 474 g/mol. The van der Waals surface area contributed by atoms with Crippen molar-refractivity contribution in [2.24, 2.45) is 0 Å². The van der Waals surface area contributed by atoms with Crippen LogP contribution < -0.4 is 4.74 Å². The zero-order valence-electron chi connectivity index (χ0n) is 17.1. The molecule has 170 valence electrons. The van der Waals surface area contributed by atoms with Crippen molar-refractivity contribution in [2.45, 2.75) is 19.0 Å². The average molecular weight is 475 g/mol. The highest BCUT2D eigenvalue weighted by Gasteiger charge is 2.33. The Kier molecular flexibility index (Phi) is 7.52. The number of carboxylic acid groups (broad SMARTS) is 1. The number of phenols is 1. The predicted octanol–water partition coefficient (Wildman–Crippen LogP) is 6.17. The molecule has 3 aromatic rings. The molecule has 0 radical (unpaired) electrons. The van der Waals surface area contributed by atoms with Crippen molar-refractivity contribution < 1.29 is 32.9 Å². The van der Waals surface area contributed by atoms with Gasteiger partial charge >= 0.3 is 12.1 Å². The minimum atomic E-state index is -4.69. The number of benzene rings is 3. The molecule has 0 aliphatic rings. The lowest BCUT2D eigenvalue weighted by atomic mass is 9.99. The summed E-state index contributed by atoms with van der Waals surface area (Å²) < 4.78 is 45.5. The van der Waals surface area contributed by atoms with Gasteiger partial charge in [0.15, 0.2) is 0 Å². The molecule has 0 saturated carbocycles. The molecule has 0 spiro atoms. The van der Waals surface area contributed by atoms with Gasteiger partial charge in [-0.1, -0.05) is 35.6 Å². The number of ether oxygens (including phenoxy) is 1. The Labute approximate surface area is 193 Å². The topological polar surface area (TPSA) is 66.8 Å². The molecule has 3 aromatic carbocycles. The van der Waals surface area contributed by atoms with E-state index in [4.69, 9.17) is 16.3 Å². The van der Waals surface area contributed by atoms with Gasteiger partial charge in [0, 0.05) is 11.1 Å². The zero-order valence-corrected chi connectivity index (χ0v) is 17.9. The van der Waals surface area contributed by atoms with Crippen LogP contribution in [-0.2, 0) is 12.6 Å². The number of para-hydroxylation sites is 1. The third-order valence-corrected chi connectivity index (χ3v) is 4.99. The zero-order chi connectivity index (χ0) is 24.0. The number of carboxylic acids is 1. The summed E-state index contributed by atoms with van der Waals surface area (Å²) in [4.78, 5) is 11.4. The summed E-state index contributed by atoms with van der Waals surface area (Å²) in [5.41, 5.74) is -0.331. The van der Waals surface area contributed by atoms with Gasteiger partial charge in [0.1, 0.15) is 11.5 Å². The highest BCUT2D eigenvalue weighted by Crippen LogP contribution is 2.34. The van der Waals surface area contributed by atoms with E-state index in [2.05, 4.69) is 11.8 Å². The fourth-order valence-electron chi connectivity index (χ4n) is 3.07. The largest absolute Gasteiger partial charge is 0.508 e. The van der Waals surface area contributed by atoms with Crippen LogP contribution >= 0.6 is 11.6 Å². The Morgan fingerprint density at radius 2 is 1.70 bits per heavy atom. The van der Waals surface area contributed by atoms with E-state index < -0.39 is 23.5 Å². The van der Waals surface area contributed by atoms with Crippen LogP contribution in [0.5, 0.6) is 11.5 Å². The number of hydrogen-bond donors (Lipinski definition) is 2. The second-order valence-electron chi connectivity index (χ2n) is 7.04. The summed E-state index contributed by atoms with van der Waals surface area (Å²) >= 11 is 6.05. The summed E-state index contributed by atoms with van der Waals surface area (Å²) in [5, 5.41) is 19.2. The van der Waals surface area contributed by atoms with Crippen LogP contribution in [0.1, 0.15) is 39.0 Å². The lowest BCUT2D eigenvalue weighted by molar-refractivity contribution is -0.137. The number of hydrogen-bond acceptors (Lipinski definition) is 3. The molecule has 0 aromatic heterocycles. The number of alkyl halides is 3. The van der Waals surface area contributed by atoms with Gasteiger partial charge < -0.3 is 14.9 Å². The van der Waals surface area contributed by atoms with E-state index in [9.17, 15) is 28.2 Å². The molecule has 0 amide bonds. The van der Waals surface area contributed by atoms with E-state index in [0.29, 0.717) is 47.4 Å². The third-order valence-electron chi connectivity index (χ3n) is 4.68. The number of rotatable bonds is 6. The number of aromatic hydroxyl groups is 1. The SMILES string of the molecule is O=C(O)c1ccc(C#Cc2ccc(O)cc2C(F)(F)F)c(CCCOc2ccccc2Cl)c1. The number of aromatic carboxylic acids is 1. The molecule has 0 aliphatic carbocycles. The van der Waals surface area contributed by atoms with E-state index in [1.807, 2.05) is 0 Å². The van der Waals surface area contributed by atoms with Crippen LogP contribution in [0.2, 0.25) is 5.02 Å². The Bertz CT molecular complexity index is 1230. The van der Waals surface area contributed by atoms with Crippen molar-refractivity contribution >= 4 is 17.6 Å². The Hall–Kier alpha value is -3.63. The number of aryl methyl sites for hydroxylation is 1. The molecule has 33 heavy (non-hydrogen) atoms. The minimum Gasteiger partial charge on any atom is -0.508 e. The normalized spacial score (nSPS) is 10.9. The summed E-state index contributed by atoms with van der Waals surface area (Å²) in [7, 11) is 0. The molecular weight excluding hydrogens is 457 g/mol. The van der Waals surface area contributed by atoms with Gasteiger partial charge in [-0.25, -0.2) is 4.79 Å². The standard InChI is InChI=1S/C25H18ClF3O4/c26-22-5-1-2-6-23(22)33-13-3-4-18-14-19(24(31)32)10-8-16(18)7-9-17-11-12-20(30)15-21(17)25(27,28)29/h1-2,5-6,8,10-12,14-15,30H,3-4,13H2,(H,31,32). The fourth-order valence-corrected chi connectivity index (χ4v) is 3.26. The van der Waals surface area contributed by atoms with Crippen molar-refractivity contribution in [3.05, 3.63) is 93.5 Å². The number of halogens is 4. The van der Waals surface area contributed by atoms with Crippen molar-refractivity contribution in [1.82, 2.24) is 0 Å². The van der Waals surface area contributed by atoms with Gasteiger partial charge in [-0.2, -0.15) is 13.2 Å². The molecule has 0 aliphatic heterocycles. The van der Waals surface area contributed by atoms with Gasteiger partial charge in [-0.15, -0.1) is 0 Å². The summed E-state index contributed by atoms with van der Waals surface area (Å²) in [6.45, 7) is 0.296. The van der Waals surface area contributed by atoms with Crippen molar-refractivity contribution in [3.63, 3.8) is 0 Å². The first-order valence-corrected chi connectivity index (χ1v) is 10.2. The summed E-state index contributed by atoms with van der Waals surface area (Å²) in [5.74, 6) is 4.09. The highest BCUT2D eigenvalue weighted by atomic mass is 35.5. The molecule has 0 bridgehead atoms. The molecule has 2 N–H and O–H groups in total. The molecule has 4 nitrogen and oxygen atoms in total. The van der Waals surface area contributed by atoms with Crippen LogP contribution in [0.15, 0.2) is 60.7 Å². The van der Waals surface area contributed by atoms with Crippen LogP contribution in [-0.4, -0.2) is 22.8 Å². The molecule has 0 fully saturated rings. The molecular formula is C25H18ClF3O4. The lowest BCUT2D eigenvalue weighted by Crippen LogP contribution is -2.07. The predicted molar refractivity (Wildman–Crippen MR) is 118 cm³/mol. The average Bonchev–Trinajstić information content (AvgIpc) is 2.76. The van der Waals surface area contributed by atoms with Crippen LogP contribution in [0.3, 0.4) is 0 Å². The van der Waals surface area contributed by atoms with E-state index >= 15 is 0 Å². The van der Waals surface area contributed by atoms with Gasteiger partial charge in [0.05, 0.1) is 22.8 Å². The van der Waals surface area contributed by atoms with Crippen LogP contribution in [0, 0.1) is 11.8 Å². The molecule has 8 heteroatoms. The first-order chi connectivity index (χ1) is 15.6. The minimum absolute atomic E-state index is 0.0446. The maximum atomic E-state index is 13.3. The van der Waals surface area contributed by atoms with E-state index in [1.165, 1.54) is 18.2 Å². The van der Waals surface area contributed by atoms with Gasteiger partial charge in [0.2, 0.25) is 0 Å². The Morgan fingerprint density at radius 1 is 1.00 bits per heavy atom. The third kappa shape index (κ3) is 6.43. The van der Waals surface area contributed by atoms with Crippen molar-refractivity contribution in [1.29, 1.82) is 0 Å². The van der Waals surface area contributed by atoms with E-state index in [0.717, 1.165) is 12.1 Å². The van der Waals surface area contributed by atoms with Crippen molar-refractivity contribution in [3.8, 4) is 23.3 Å². The first-order valence-electron chi connectivity index (χ1n) is 9.81. The van der Waals surface area contributed by atoms with E-state index in [-0.39, 0.29) is 11.1 Å². The second-order valence-corrected chi connectivity index (χ2v) is 7.44. The Balaban J connectivity index is 1.84. The number of phenolic OH excluding ortho intramolecular Hbond substituents is 1. The molecule has 0 heterocycles. The Morgan fingerprint density at radius 3 is 2.39 bits per heavy atom. The smallest absolute Gasteiger partial charge is 0.417 e. The van der Waals surface area contributed by atoms with Gasteiger partial charge in [-0.3, -0.25) is 0 Å². The van der Waals surface area contributed by atoms with Crippen LogP contribution in [0.25, 0.3) is 0 Å². The fraction of sp³-hybridized carbons (Fsp3) is 0.160. The molecule has 0 unspecified atom stereocenters. The second kappa shape index (κ2) is 10.3. The lowest BCUT2D eigenvalue weighted by Gasteiger charge is -2.10. The maximum Gasteiger partial charge on any atom is 0.417 e. The highest BCUT2D eigenvalue weighted by molar-refractivity contribution is 6.32. The molecule has 3 rings (SSSR count). The van der Waals surface area contributed by atoms with Gasteiger partial charge in [-0.05, 0) is 66.9 Å². The molecule has 0 atom stereocenters. The summed E-state index contributed by atoms with van der Waals surface area (Å²) in [6.07, 6.45) is -3.80. The van der Waals surface area contributed by atoms with Crippen molar-refractivity contribution in [2.75, 3.05) is 6.61 Å². The number of carbonyl (C=O) groups is 1. The van der Waals surface area contributed by atoms with Gasteiger partial charge in [0.25, 0.3) is 0 Å². The maximum absolute atomic E-state index is 13.3. The summed E-state index contributed by atoms with van der Waals surface area (Å²) in [6, 6.07) is 14.1. The molecule has 0 saturated heterocycles. The van der Waals surface area contributed by atoms with Crippen LogP contribution in [0.4, 0.5) is 13.2 Å². The first kappa shape index (κ1) is 24.0. The quantitative estimate of drug-likeness (QED) is 0.331. The van der Waals surface area contributed by atoms with E-state index in [1.54, 1.807) is 24.3 Å².